The Morgan fingerprint density at radius 2 is 1.79 bits per heavy atom. The van der Waals surface area contributed by atoms with E-state index < -0.39 is 0 Å². The zero-order valence-corrected chi connectivity index (χ0v) is 15.6. The third-order valence-electron chi connectivity index (χ3n) is 4.37. The fraction of sp³-hybridized carbons (Fsp3) is 0.316. The van der Waals surface area contributed by atoms with Gasteiger partial charge in [-0.15, -0.1) is 0 Å². The Labute approximate surface area is 151 Å². The SMILES string of the molecule is Cc1cccc(N2CCN(C(=O)Nc3cc(Br)ccc3C)CC2)c1. The lowest BCUT2D eigenvalue weighted by molar-refractivity contribution is 0.208. The van der Waals surface area contributed by atoms with Gasteiger partial charge >= 0.3 is 6.03 Å². The molecule has 0 radical (unpaired) electrons. The minimum Gasteiger partial charge on any atom is -0.368 e. The Bertz CT molecular complexity index is 739. The first kappa shape index (κ1) is 16.8. The molecule has 2 amide bonds. The molecule has 4 nitrogen and oxygen atoms in total. The second-order valence-electron chi connectivity index (χ2n) is 6.20. The van der Waals surface area contributed by atoms with Crippen molar-refractivity contribution in [3.8, 4) is 0 Å². The summed E-state index contributed by atoms with van der Waals surface area (Å²) in [5.74, 6) is 0. The lowest BCUT2D eigenvalue weighted by Crippen LogP contribution is -2.50. The molecule has 2 aromatic carbocycles. The average Bonchev–Trinajstić information content (AvgIpc) is 2.58. The Hall–Kier alpha value is -2.01. The summed E-state index contributed by atoms with van der Waals surface area (Å²) in [5, 5.41) is 3.02. The van der Waals surface area contributed by atoms with Crippen molar-refractivity contribution >= 4 is 33.3 Å². The number of carbonyl (C=O) groups excluding carboxylic acids is 1. The smallest absolute Gasteiger partial charge is 0.321 e. The molecule has 126 valence electrons. The lowest BCUT2D eigenvalue weighted by Gasteiger charge is -2.36. The highest BCUT2D eigenvalue weighted by Crippen LogP contribution is 2.22. The van der Waals surface area contributed by atoms with Crippen LogP contribution in [0.2, 0.25) is 0 Å². The predicted molar refractivity (Wildman–Crippen MR) is 103 cm³/mol. The van der Waals surface area contributed by atoms with Crippen LogP contribution in [-0.2, 0) is 0 Å². The maximum atomic E-state index is 12.5. The molecule has 3 rings (SSSR count). The highest BCUT2D eigenvalue weighted by molar-refractivity contribution is 9.10. The van der Waals surface area contributed by atoms with Gasteiger partial charge in [-0.25, -0.2) is 4.79 Å². The van der Waals surface area contributed by atoms with E-state index in [0.717, 1.165) is 41.9 Å². The number of aryl methyl sites for hydroxylation is 2. The molecule has 0 unspecified atom stereocenters. The number of piperazine rings is 1. The Balaban J connectivity index is 1.60. The van der Waals surface area contributed by atoms with E-state index in [4.69, 9.17) is 0 Å². The molecule has 2 aromatic rings. The van der Waals surface area contributed by atoms with Crippen LogP contribution in [0.25, 0.3) is 0 Å². The molecule has 0 spiro atoms. The van der Waals surface area contributed by atoms with Crippen molar-refractivity contribution in [2.75, 3.05) is 36.4 Å². The fourth-order valence-electron chi connectivity index (χ4n) is 2.92. The van der Waals surface area contributed by atoms with Crippen molar-refractivity contribution < 1.29 is 4.79 Å². The van der Waals surface area contributed by atoms with Gasteiger partial charge in [-0.3, -0.25) is 0 Å². The molecule has 0 aromatic heterocycles. The van der Waals surface area contributed by atoms with Crippen molar-refractivity contribution in [2.45, 2.75) is 13.8 Å². The monoisotopic (exact) mass is 387 g/mol. The van der Waals surface area contributed by atoms with E-state index in [1.54, 1.807) is 0 Å². The summed E-state index contributed by atoms with van der Waals surface area (Å²) in [7, 11) is 0. The first-order valence-corrected chi connectivity index (χ1v) is 8.96. The number of rotatable bonds is 2. The molecule has 1 fully saturated rings. The second kappa shape index (κ2) is 7.26. The molecule has 0 saturated carbocycles. The molecule has 1 saturated heterocycles. The summed E-state index contributed by atoms with van der Waals surface area (Å²) in [4.78, 5) is 16.7. The van der Waals surface area contributed by atoms with Crippen LogP contribution in [-0.4, -0.2) is 37.1 Å². The lowest BCUT2D eigenvalue weighted by atomic mass is 10.2. The Morgan fingerprint density at radius 1 is 1.04 bits per heavy atom. The van der Waals surface area contributed by atoms with Crippen molar-refractivity contribution in [3.63, 3.8) is 0 Å². The number of anilines is 2. The van der Waals surface area contributed by atoms with E-state index in [2.05, 4.69) is 57.3 Å². The molecule has 0 aliphatic carbocycles. The summed E-state index contributed by atoms with van der Waals surface area (Å²) < 4.78 is 0.965. The number of halogens is 1. The number of amides is 2. The van der Waals surface area contributed by atoms with Gasteiger partial charge in [0.05, 0.1) is 0 Å². The van der Waals surface area contributed by atoms with Crippen molar-refractivity contribution in [1.29, 1.82) is 0 Å². The van der Waals surface area contributed by atoms with Gasteiger partial charge in [-0.05, 0) is 49.2 Å². The number of hydrogen-bond acceptors (Lipinski definition) is 2. The predicted octanol–water partition coefficient (Wildman–Crippen LogP) is 4.42. The van der Waals surface area contributed by atoms with Gasteiger partial charge in [0.2, 0.25) is 0 Å². The van der Waals surface area contributed by atoms with Gasteiger partial charge in [0.1, 0.15) is 0 Å². The van der Waals surface area contributed by atoms with E-state index in [-0.39, 0.29) is 6.03 Å². The van der Waals surface area contributed by atoms with Crippen LogP contribution in [0.15, 0.2) is 46.9 Å². The van der Waals surface area contributed by atoms with Crippen molar-refractivity contribution in [3.05, 3.63) is 58.1 Å². The zero-order chi connectivity index (χ0) is 17.1. The fourth-order valence-corrected chi connectivity index (χ4v) is 3.28. The van der Waals surface area contributed by atoms with Crippen LogP contribution in [0.5, 0.6) is 0 Å². The minimum absolute atomic E-state index is 0.0277. The Morgan fingerprint density at radius 3 is 2.50 bits per heavy atom. The Kier molecular flexibility index (Phi) is 5.09. The summed E-state index contributed by atoms with van der Waals surface area (Å²) in [5.41, 5.74) is 4.41. The van der Waals surface area contributed by atoms with Gasteiger partial charge in [0.15, 0.2) is 0 Å². The summed E-state index contributed by atoms with van der Waals surface area (Å²) in [6, 6.07) is 14.4. The van der Waals surface area contributed by atoms with Gasteiger partial charge in [0, 0.05) is 42.0 Å². The van der Waals surface area contributed by atoms with Crippen LogP contribution in [0.4, 0.5) is 16.2 Å². The van der Waals surface area contributed by atoms with Crippen molar-refractivity contribution in [1.82, 2.24) is 4.90 Å². The largest absolute Gasteiger partial charge is 0.368 e. The van der Waals surface area contributed by atoms with E-state index in [1.165, 1.54) is 11.3 Å². The van der Waals surface area contributed by atoms with Gasteiger partial charge in [-0.2, -0.15) is 0 Å². The molecule has 0 atom stereocenters. The molecular weight excluding hydrogens is 366 g/mol. The summed E-state index contributed by atoms with van der Waals surface area (Å²) in [6.07, 6.45) is 0. The molecule has 1 heterocycles. The van der Waals surface area contributed by atoms with Gasteiger partial charge < -0.3 is 15.1 Å². The maximum absolute atomic E-state index is 12.5. The number of nitrogens with one attached hydrogen (secondary N) is 1. The number of benzene rings is 2. The van der Waals surface area contributed by atoms with Crippen LogP contribution in [0.3, 0.4) is 0 Å². The third kappa shape index (κ3) is 3.90. The number of nitrogens with zero attached hydrogens (tertiary/aromatic N) is 2. The molecule has 1 aliphatic heterocycles. The number of hydrogen-bond donors (Lipinski definition) is 1. The van der Waals surface area contributed by atoms with Crippen LogP contribution < -0.4 is 10.2 Å². The van der Waals surface area contributed by atoms with Crippen LogP contribution in [0.1, 0.15) is 11.1 Å². The normalized spacial score (nSPS) is 14.6. The van der Waals surface area contributed by atoms with Crippen molar-refractivity contribution in [2.24, 2.45) is 0 Å². The van der Waals surface area contributed by atoms with E-state index >= 15 is 0 Å². The van der Waals surface area contributed by atoms with E-state index in [0.29, 0.717) is 0 Å². The maximum Gasteiger partial charge on any atom is 0.321 e. The van der Waals surface area contributed by atoms with Crippen LogP contribution in [0, 0.1) is 13.8 Å². The van der Waals surface area contributed by atoms with Gasteiger partial charge in [0.25, 0.3) is 0 Å². The van der Waals surface area contributed by atoms with E-state index in [1.807, 2.05) is 30.0 Å². The number of urea groups is 1. The molecule has 24 heavy (non-hydrogen) atoms. The quantitative estimate of drug-likeness (QED) is 0.827. The highest BCUT2D eigenvalue weighted by atomic mass is 79.9. The molecule has 1 aliphatic rings. The number of carbonyl (C=O) groups is 1. The van der Waals surface area contributed by atoms with Gasteiger partial charge in [-0.1, -0.05) is 34.1 Å². The topological polar surface area (TPSA) is 35.6 Å². The minimum atomic E-state index is -0.0277. The zero-order valence-electron chi connectivity index (χ0n) is 14.1. The average molecular weight is 388 g/mol. The highest BCUT2D eigenvalue weighted by Gasteiger charge is 2.21. The first-order valence-electron chi connectivity index (χ1n) is 8.16. The molecule has 5 heteroatoms. The standard InChI is InChI=1S/C19H22BrN3O/c1-14-4-3-5-17(12-14)22-8-10-23(11-9-22)19(24)21-18-13-16(20)7-6-15(18)2/h3-7,12-13H,8-11H2,1-2H3,(H,21,24). The van der Waals surface area contributed by atoms with Crippen LogP contribution >= 0.6 is 15.9 Å². The molecular formula is C19H22BrN3O. The first-order chi connectivity index (χ1) is 11.5. The second-order valence-corrected chi connectivity index (χ2v) is 7.12. The summed E-state index contributed by atoms with van der Waals surface area (Å²) >= 11 is 3.45. The molecule has 1 N–H and O–H groups in total. The summed E-state index contributed by atoms with van der Waals surface area (Å²) in [6.45, 7) is 7.27. The third-order valence-corrected chi connectivity index (χ3v) is 4.87. The molecule has 0 bridgehead atoms. The van der Waals surface area contributed by atoms with E-state index in [9.17, 15) is 4.79 Å².